The third-order valence-electron chi connectivity index (χ3n) is 1.83. The van der Waals surface area contributed by atoms with Crippen molar-refractivity contribution in [3.05, 3.63) is 30.3 Å². The maximum absolute atomic E-state index is 8.53. The largest absolute Gasteiger partial charge is 0.490 e. The van der Waals surface area contributed by atoms with Gasteiger partial charge < -0.3 is 9.84 Å². The second kappa shape index (κ2) is 6.92. The van der Waals surface area contributed by atoms with Crippen molar-refractivity contribution in [2.45, 2.75) is 25.9 Å². The van der Waals surface area contributed by atoms with Crippen molar-refractivity contribution in [1.29, 1.82) is 0 Å². The molecule has 80 valence electrons. The van der Waals surface area contributed by atoms with Gasteiger partial charge in [-0.1, -0.05) is 24.1 Å². The van der Waals surface area contributed by atoms with Crippen LogP contribution in [0.3, 0.4) is 0 Å². The van der Waals surface area contributed by atoms with Crippen LogP contribution >= 0.6 is 0 Å². The summed E-state index contributed by atoms with van der Waals surface area (Å²) in [5, 5.41) is 8.53. The van der Waals surface area contributed by atoms with E-state index in [1.165, 1.54) is 0 Å². The molecule has 1 rings (SSSR count). The van der Waals surface area contributed by atoms with E-state index in [9.17, 15) is 0 Å². The second-order valence-electron chi connectivity index (χ2n) is 3.27. The van der Waals surface area contributed by atoms with Gasteiger partial charge in [-0.05, 0) is 19.1 Å². The fourth-order valence-corrected chi connectivity index (χ4v) is 1.13. The maximum Gasteiger partial charge on any atom is 0.119 e. The smallest absolute Gasteiger partial charge is 0.119 e. The first kappa shape index (κ1) is 11.6. The molecular formula is C13H16O2. The van der Waals surface area contributed by atoms with Gasteiger partial charge in [-0.3, -0.25) is 0 Å². The van der Waals surface area contributed by atoms with Crippen LogP contribution < -0.4 is 4.74 Å². The van der Waals surface area contributed by atoms with Crippen LogP contribution in [0.25, 0.3) is 0 Å². The average Bonchev–Trinajstić information content (AvgIpc) is 2.26. The Morgan fingerprint density at radius 1 is 1.27 bits per heavy atom. The minimum Gasteiger partial charge on any atom is -0.490 e. The predicted octanol–water partition coefficient (Wildman–Crippen LogP) is 2.23. The molecule has 1 unspecified atom stereocenters. The predicted molar refractivity (Wildman–Crippen MR) is 60.6 cm³/mol. The van der Waals surface area contributed by atoms with Crippen LogP contribution in [0.5, 0.6) is 5.75 Å². The summed E-state index contributed by atoms with van der Waals surface area (Å²) in [6.45, 7) is 2.11. The molecule has 0 bridgehead atoms. The molecule has 0 aliphatic heterocycles. The average molecular weight is 204 g/mol. The number of hydrogen-bond acceptors (Lipinski definition) is 2. The topological polar surface area (TPSA) is 29.5 Å². The summed E-state index contributed by atoms with van der Waals surface area (Å²) >= 11 is 0. The summed E-state index contributed by atoms with van der Waals surface area (Å²) in [7, 11) is 0. The van der Waals surface area contributed by atoms with E-state index in [1.54, 1.807) is 0 Å². The van der Waals surface area contributed by atoms with Crippen LogP contribution in [0, 0.1) is 11.8 Å². The van der Waals surface area contributed by atoms with Crippen molar-refractivity contribution >= 4 is 0 Å². The maximum atomic E-state index is 8.53. The molecule has 0 fully saturated rings. The molecule has 1 aromatic rings. The molecule has 1 N–H and O–H groups in total. The molecule has 15 heavy (non-hydrogen) atoms. The van der Waals surface area contributed by atoms with Gasteiger partial charge in [-0.2, -0.15) is 0 Å². The zero-order chi connectivity index (χ0) is 10.9. The SMILES string of the molecule is CC(CC#CCCO)Oc1ccccc1. The van der Waals surface area contributed by atoms with E-state index in [0.29, 0.717) is 12.8 Å². The van der Waals surface area contributed by atoms with Crippen LogP contribution in [0.4, 0.5) is 0 Å². The molecule has 0 saturated heterocycles. The van der Waals surface area contributed by atoms with Crippen molar-refractivity contribution in [1.82, 2.24) is 0 Å². The van der Waals surface area contributed by atoms with Crippen molar-refractivity contribution < 1.29 is 9.84 Å². The van der Waals surface area contributed by atoms with E-state index in [4.69, 9.17) is 9.84 Å². The highest BCUT2D eigenvalue weighted by atomic mass is 16.5. The van der Waals surface area contributed by atoms with Gasteiger partial charge in [0.25, 0.3) is 0 Å². The Morgan fingerprint density at radius 3 is 2.67 bits per heavy atom. The molecule has 1 aromatic carbocycles. The zero-order valence-corrected chi connectivity index (χ0v) is 8.94. The van der Waals surface area contributed by atoms with Crippen LogP contribution in [-0.2, 0) is 0 Å². The molecule has 2 nitrogen and oxygen atoms in total. The van der Waals surface area contributed by atoms with Gasteiger partial charge in [0.15, 0.2) is 0 Å². The van der Waals surface area contributed by atoms with Gasteiger partial charge in [0, 0.05) is 12.8 Å². The molecule has 0 radical (unpaired) electrons. The van der Waals surface area contributed by atoms with Crippen molar-refractivity contribution in [2.75, 3.05) is 6.61 Å². The molecule has 0 saturated carbocycles. The van der Waals surface area contributed by atoms with Gasteiger partial charge in [0.05, 0.1) is 6.61 Å². The lowest BCUT2D eigenvalue weighted by molar-refractivity contribution is 0.227. The monoisotopic (exact) mass is 204 g/mol. The Morgan fingerprint density at radius 2 is 2.00 bits per heavy atom. The minimum atomic E-state index is 0.0820. The Labute approximate surface area is 90.9 Å². The summed E-state index contributed by atoms with van der Waals surface area (Å²) in [4.78, 5) is 0. The molecular weight excluding hydrogens is 188 g/mol. The number of rotatable bonds is 4. The lowest BCUT2D eigenvalue weighted by Crippen LogP contribution is -2.10. The zero-order valence-electron chi connectivity index (χ0n) is 8.94. The van der Waals surface area contributed by atoms with Gasteiger partial charge in [0.2, 0.25) is 0 Å². The van der Waals surface area contributed by atoms with Gasteiger partial charge in [-0.15, -0.1) is 5.92 Å². The van der Waals surface area contributed by atoms with Gasteiger partial charge in [-0.25, -0.2) is 0 Å². The first-order valence-electron chi connectivity index (χ1n) is 5.11. The molecule has 0 amide bonds. The van der Waals surface area contributed by atoms with Crippen molar-refractivity contribution in [3.63, 3.8) is 0 Å². The highest BCUT2D eigenvalue weighted by molar-refractivity contribution is 5.21. The fraction of sp³-hybridized carbons (Fsp3) is 0.385. The van der Waals surface area contributed by atoms with E-state index >= 15 is 0 Å². The number of benzene rings is 1. The Kier molecular flexibility index (Phi) is 5.35. The number of aliphatic hydroxyl groups is 1. The molecule has 1 atom stereocenters. The number of para-hydroxylation sites is 1. The summed E-state index contributed by atoms with van der Waals surface area (Å²) in [5.74, 6) is 6.71. The molecule has 0 aliphatic rings. The van der Waals surface area contributed by atoms with Crippen LogP contribution in [0.1, 0.15) is 19.8 Å². The highest BCUT2D eigenvalue weighted by Gasteiger charge is 2.00. The van der Waals surface area contributed by atoms with E-state index in [1.807, 2.05) is 37.3 Å². The summed E-state index contributed by atoms with van der Waals surface area (Å²) in [6, 6.07) is 9.70. The molecule has 2 heteroatoms. The minimum absolute atomic E-state index is 0.0820. The Balaban J connectivity index is 2.31. The lowest BCUT2D eigenvalue weighted by atomic mass is 10.2. The first-order valence-corrected chi connectivity index (χ1v) is 5.11. The van der Waals surface area contributed by atoms with E-state index in [0.717, 1.165) is 5.75 Å². The van der Waals surface area contributed by atoms with E-state index < -0.39 is 0 Å². The van der Waals surface area contributed by atoms with Crippen LogP contribution in [0.2, 0.25) is 0 Å². The van der Waals surface area contributed by atoms with Gasteiger partial charge in [0.1, 0.15) is 11.9 Å². The Bertz CT molecular complexity index is 321. The molecule has 0 aromatic heterocycles. The molecule has 0 heterocycles. The number of hydrogen-bond donors (Lipinski definition) is 1. The van der Waals surface area contributed by atoms with Crippen LogP contribution in [0.15, 0.2) is 30.3 Å². The van der Waals surface area contributed by atoms with E-state index in [2.05, 4.69) is 11.8 Å². The summed E-state index contributed by atoms with van der Waals surface area (Å²) in [6.07, 6.45) is 1.31. The quantitative estimate of drug-likeness (QED) is 0.762. The van der Waals surface area contributed by atoms with Crippen molar-refractivity contribution in [3.8, 4) is 17.6 Å². The Hall–Kier alpha value is -1.46. The number of ether oxygens (including phenoxy) is 1. The number of aliphatic hydroxyl groups excluding tert-OH is 1. The van der Waals surface area contributed by atoms with Gasteiger partial charge >= 0.3 is 0 Å². The summed E-state index contributed by atoms with van der Waals surface area (Å²) < 4.78 is 5.63. The standard InChI is InChI=1S/C13H16O2/c1-12(8-4-3-7-11-14)15-13-9-5-2-6-10-13/h2,5-6,9-10,12,14H,7-8,11H2,1H3. The van der Waals surface area contributed by atoms with Crippen molar-refractivity contribution in [2.24, 2.45) is 0 Å². The lowest BCUT2D eigenvalue weighted by Gasteiger charge is -2.11. The fourth-order valence-electron chi connectivity index (χ4n) is 1.13. The highest BCUT2D eigenvalue weighted by Crippen LogP contribution is 2.11. The third-order valence-corrected chi connectivity index (χ3v) is 1.83. The molecule has 0 spiro atoms. The second-order valence-corrected chi connectivity index (χ2v) is 3.27. The normalized spacial score (nSPS) is 11.3. The third kappa shape index (κ3) is 5.09. The summed E-state index contributed by atoms with van der Waals surface area (Å²) in [5.41, 5.74) is 0. The first-order chi connectivity index (χ1) is 7.33. The van der Waals surface area contributed by atoms with Crippen LogP contribution in [-0.4, -0.2) is 17.8 Å². The van der Waals surface area contributed by atoms with E-state index in [-0.39, 0.29) is 12.7 Å². The molecule has 0 aliphatic carbocycles.